The summed E-state index contributed by atoms with van der Waals surface area (Å²) in [6.45, 7) is 0.340. The number of amides is 2. The van der Waals surface area contributed by atoms with E-state index in [-0.39, 0.29) is 25.5 Å². The fraction of sp³-hybridized carbons (Fsp3) is 0.429. The van der Waals surface area contributed by atoms with Crippen LogP contribution in [0.5, 0.6) is 5.75 Å². The Morgan fingerprint density at radius 2 is 1.85 bits per heavy atom. The molecule has 0 atom stereocenters. The fourth-order valence-corrected chi connectivity index (χ4v) is 1.52. The number of aliphatic hydroxyl groups is 1. The van der Waals surface area contributed by atoms with Gasteiger partial charge in [-0.05, 0) is 37.1 Å². The summed E-state index contributed by atoms with van der Waals surface area (Å²) in [4.78, 5) is 22.1. The predicted molar refractivity (Wildman–Crippen MR) is 75.3 cm³/mol. The van der Waals surface area contributed by atoms with Gasteiger partial charge >= 0.3 is 0 Å². The Morgan fingerprint density at radius 1 is 1.15 bits per heavy atom. The van der Waals surface area contributed by atoms with E-state index < -0.39 is 5.91 Å². The number of ether oxygens (including phenoxy) is 1. The molecule has 1 aromatic rings. The number of primary amides is 1. The van der Waals surface area contributed by atoms with E-state index in [0.717, 1.165) is 0 Å². The highest BCUT2D eigenvalue weighted by Crippen LogP contribution is 2.16. The van der Waals surface area contributed by atoms with Gasteiger partial charge in [0.1, 0.15) is 5.75 Å². The first-order chi connectivity index (χ1) is 9.61. The predicted octanol–water partition coefficient (Wildman–Crippen LogP) is 1.04. The van der Waals surface area contributed by atoms with E-state index in [4.69, 9.17) is 15.6 Å². The van der Waals surface area contributed by atoms with Gasteiger partial charge in [0.25, 0.3) is 0 Å². The number of carbonyl (C=O) groups is 2. The number of carbonyl (C=O) groups excluding carboxylic acids is 2. The Labute approximate surface area is 117 Å². The zero-order valence-electron chi connectivity index (χ0n) is 11.3. The molecule has 0 saturated carbocycles. The van der Waals surface area contributed by atoms with E-state index in [1.807, 2.05) is 0 Å². The molecule has 0 spiro atoms. The van der Waals surface area contributed by atoms with Gasteiger partial charge in [0.15, 0.2) is 0 Å². The number of nitrogens with two attached hydrogens (primary N) is 1. The average Bonchev–Trinajstić information content (AvgIpc) is 2.41. The van der Waals surface area contributed by atoms with Crippen LogP contribution in [0.15, 0.2) is 24.3 Å². The second-order valence-electron chi connectivity index (χ2n) is 4.32. The minimum Gasteiger partial charge on any atom is -0.493 e. The van der Waals surface area contributed by atoms with Crippen LogP contribution in [0, 0.1) is 0 Å². The lowest BCUT2D eigenvalue weighted by atomic mass is 10.2. The molecule has 1 aromatic carbocycles. The third-order valence-corrected chi connectivity index (χ3v) is 2.57. The lowest BCUT2D eigenvalue weighted by Crippen LogP contribution is -2.14. The molecule has 0 unspecified atom stereocenters. The summed E-state index contributed by atoms with van der Waals surface area (Å²) >= 11 is 0. The molecule has 20 heavy (non-hydrogen) atoms. The van der Waals surface area contributed by atoms with Crippen molar-refractivity contribution in [3.63, 3.8) is 0 Å². The molecule has 0 bridgehead atoms. The Kier molecular flexibility index (Phi) is 7.13. The van der Waals surface area contributed by atoms with Gasteiger partial charge in [-0.1, -0.05) is 0 Å². The smallest absolute Gasteiger partial charge is 0.224 e. The highest BCUT2D eigenvalue weighted by atomic mass is 16.5. The van der Waals surface area contributed by atoms with E-state index in [9.17, 15) is 9.59 Å². The van der Waals surface area contributed by atoms with Gasteiger partial charge < -0.3 is 20.9 Å². The van der Waals surface area contributed by atoms with Crippen molar-refractivity contribution in [2.45, 2.75) is 25.7 Å². The second kappa shape index (κ2) is 8.92. The molecule has 0 radical (unpaired) electrons. The first-order valence-corrected chi connectivity index (χ1v) is 6.53. The quantitative estimate of drug-likeness (QED) is 0.588. The maximum atomic E-state index is 11.5. The van der Waals surface area contributed by atoms with Crippen molar-refractivity contribution in [3.8, 4) is 5.75 Å². The van der Waals surface area contributed by atoms with Crippen LogP contribution < -0.4 is 15.8 Å². The minimum absolute atomic E-state index is 0.0825. The van der Waals surface area contributed by atoms with Crippen LogP contribution in [0.3, 0.4) is 0 Å². The molecule has 0 aliphatic heterocycles. The first kappa shape index (κ1) is 16.0. The van der Waals surface area contributed by atoms with Crippen molar-refractivity contribution < 1.29 is 19.4 Å². The number of nitrogens with one attached hydrogen (secondary N) is 1. The highest BCUT2D eigenvalue weighted by molar-refractivity contribution is 5.90. The summed E-state index contributed by atoms with van der Waals surface area (Å²) in [5, 5.41) is 11.4. The first-order valence-electron chi connectivity index (χ1n) is 6.53. The van der Waals surface area contributed by atoms with Crippen LogP contribution in [-0.2, 0) is 9.59 Å². The van der Waals surface area contributed by atoms with Crippen molar-refractivity contribution in [2.75, 3.05) is 18.5 Å². The summed E-state index contributed by atoms with van der Waals surface area (Å²) in [6.07, 6.45) is 1.84. The largest absolute Gasteiger partial charge is 0.493 e. The number of aliphatic hydroxyl groups excluding tert-OH is 1. The van der Waals surface area contributed by atoms with Crippen LogP contribution in [0.2, 0.25) is 0 Å². The molecule has 0 fully saturated rings. The topological polar surface area (TPSA) is 102 Å². The summed E-state index contributed by atoms with van der Waals surface area (Å²) < 4.78 is 5.31. The fourth-order valence-electron chi connectivity index (χ4n) is 1.52. The van der Waals surface area contributed by atoms with Gasteiger partial charge in [-0.15, -0.1) is 0 Å². The normalized spacial score (nSPS) is 10.1. The zero-order chi connectivity index (χ0) is 14.8. The summed E-state index contributed by atoms with van der Waals surface area (Å²) in [7, 11) is 0. The highest BCUT2D eigenvalue weighted by Gasteiger charge is 2.02. The Balaban J connectivity index is 2.34. The van der Waals surface area contributed by atoms with Crippen molar-refractivity contribution in [3.05, 3.63) is 24.3 Å². The number of rotatable bonds is 9. The van der Waals surface area contributed by atoms with E-state index in [1.54, 1.807) is 24.3 Å². The Bertz CT molecular complexity index is 431. The molecule has 1 rings (SSSR count). The summed E-state index contributed by atoms with van der Waals surface area (Å²) in [6, 6.07) is 6.88. The van der Waals surface area contributed by atoms with Crippen molar-refractivity contribution >= 4 is 17.5 Å². The number of benzene rings is 1. The number of unbranched alkanes of at least 4 members (excludes halogenated alkanes) is 1. The van der Waals surface area contributed by atoms with Gasteiger partial charge in [-0.25, -0.2) is 0 Å². The van der Waals surface area contributed by atoms with Crippen LogP contribution in [0.25, 0.3) is 0 Å². The maximum Gasteiger partial charge on any atom is 0.224 e. The summed E-state index contributed by atoms with van der Waals surface area (Å²) in [5.74, 6) is 0.127. The molecular formula is C14H20N2O4. The molecule has 0 aliphatic rings. The van der Waals surface area contributed by atoms with E-state index in [1.165, 1.54) is 0 Å². The monoisotopic (exact) mass is 280 g/mol. The minimum atomic E-state index is -0.406. The standard InChI is InChI=1S/C14H20N2O4/c15-13(18)8-10-20-12-6-4-11(5-7-12)16-14(19)3-1-2-9-17/h4-7,17H,1-3,8-10H2,(H2,15,18)(H,16,19). The maximum absolute atomic E-state index is 11.5. The molecule has 2 amide bonds. The molecule has 0 saturated heterocycles. The third kappa shape index (κ3) is 6.75. The zero-order valence-corrected chi connectivity index (χ0v) is 11.3. The van der Waals surface area contributed by atoms with E-state index >= 15 is 0 Å². The SMILES string of the molecule is NC(=O)CCOc1ccc(NC(=O)CCCCO)cc1. The van der Waals surface area contributed by atoms with Gasteiger partial charge in [-0.3, -0.25) is 9.59 Å². The van der Waals surface area contributed by atoms with E-state index in [0.29, 0.717) is 30.7 Å². The average molecular weight is 280 g/mol. The molecule has 6 heteroatoms. The number of hydrogen-bond donors (Lipinski definition) is 3. The number of anilines is 1. The van der Waals surface area contributed by atoms with Crippen molar-refractivity contribution in [1.82, 2.24) is 0 Å². The van der Waals surface area contributed by atoms with Gasteiger partial charge in [0, 0.05) is 18.7 Å². The van der Waals surface area contributed by atoms with Crippen LogP contribution in [0.4, 0.5) is 5.69 Å². The van der Waals surface area contributed by atoms with Crippen LogP contribution in [-0.4, -0.2) is 30.1 Å². The molecule has 0 heterocycles. The van der Waals surface area contributed by atoms with E-state index in [2.05, 4.69) is 5.32 Å². The van der Waals surface area contributed by atoms with Gasteiger partial charge in [0.05, 0.1) is 13.0 Å². The van der Waals surface area contributed by atoms with Crippen molar-refractivity contribution in [1.29, 1.82) is 0 Å². The summed E-state index contributed by atoms with van der Waals surface area (Å²) in [5.41, 5.74) is 5.69. The Morgan fingerprint density at radius 3 is 2.45 bits per heavy atom. The lowest BCUT2D eigenvalue weighted by molar-refractivity contribution is -0.118. The molecule has 6 nitrogen and oxygen atoms in total. The molecule has 110 valence electrons. The Hall–Kier alpha value is -2.08. The van der Waals surface area contributed by atoms with Crippen LogP contribution in [0.1, 0.15) is 25.7 Å². The second-order valence-corrected chi connectivity index (χ2v) is 4.32. The van der Waals surface area contributed by atoms with Crippen LogP contribution >= 0.6 is 0 Å². The van der Waals surface area contributed by atoms with Gasteiger partial charge in [-0.2, -0.15) is 0 Å². The van der Waals surface area contributed by atoms with Crippen molar-refractivity contribution in [2.24, 2.45) is 5.73 Å². The molecule has 0 aromatic heterocycles. The van der Waals surface area contributed by atoms with Gasteiger partial charge in [0.2, 0.25) is 11.8 Å². The molecule has 4 N–H and O–H groups in total. The third-order valence-electron chi connectivity index (χ3n) is 2.57. The lowest BCUT2D eigenvalue weighted by Gasteiger charge is -2.07. The molecule has 0 aliphatic carbocycles. The number of hydrogen-bond acceptors (Lipinski definition) is 4. The molecular weight excluding hydrogens is 260 g/mol.